The molecule has 0 fully saturated rings. The molecule has 0 radical (unpaired) electrons. The number of carbonyl (C=O) groups is 3. The molecule has 0 bridgehead atoms. The summed E-state index contributed by atoms with van der Waals surface area (Å²) in [6.07, 6.45) is -0.140. The maximum Gasteiger partial charge on any atom is 0.389 e. The Morgan fingerprint density at radius 1 is 0.667 bits per heavy atom. The molecule has 0 aliphatic heterocycles. The van der Waals surface area contributed by atoms with Gasteiger partial charge in [-0.15, -0.1) is 0 Å². The van der Waals surface area contributed by atoms with Crippen LogP contribution in [-0.4, -0.2) is 43.9 Å². The quantitative estimate of drug-likeness (QED) is 0.0578. The van der Waals surface area contributed by atoms with Crippen LogP contribution in [0, 0.1) is 0 Å². The van der Waals surface area contributed by atoms with Crippen molar-refractivity contribution in [2.75, 3.05) is 31.3 Å². The third kappa shape index (κ3) is 13.5. The van der Waals surface area contributed by atoms with Crippen molar-refractivity contribution in [1.29, 1.82) is 0 Å². The number of hydrogen-bond donors (Lipinski definition) is 2. The molecule has 12 heteroatoms. The molecule has 3 rings (SSSR count). The molecule has 0 spiro atoms. The molecule has 45 heavy (non-hydrogen) atoms. The van der Waals surface area contributed by atoms with E-state index in [1.54, 1.807) is 42.5 Å². The fraction of sp³-hybridized carbons (Fsp3) is 0.303. The lowest BCUT2D eigenvalue weighted by molar-refractivity contribution is -0.138. The van der Waals surface area contributed by atoms with E-state index in [0.717, 1.165) is 0 Å². The van der Waals surface area contributed by atoms with E-state index in [2.05, 4.69) is 0 Å². The normalized spacial score (nSPS) is 11.3. The Labute approximate surface area is 258 Å². The molecule has 9 nitrogen and oxygen atoms in total. The van der Waals surface area contributed by atoms with Crippen LogP contribution in [0.1, 0.15) is 64.8 Å². The van der Waals surface area contributed by atoms with Crippen molar-refractivity contribution in [3.8, 4) is 11.5 Å². The number of alkyl halides is 3. The molecule has 0 unspecified atom stereocenters. The predicted octanol–water partition coefficient (Wildman–Crippen LogP) is 6.77. The van der Waals surface area contributed by atoms with Crippen LogP contribution in [-0.2, 0) is 14.3 Å². The van der Waals surface area contributed by atoms with Crippen molar-refractivity contribution in [1.82, 2.24) is 0 Å². The van der Waals surface area contributed by atoms with Gasteiger partial charge in [0.15, 0.2) is 0 Å². The molecule has 0 saturated carbocycles. The van der Waals surface area contributed by atoms with Gasteiger partial charge in [-0.25, -0.2) is 14.4 Å². The largest absolute Gasteiger partial charge is 0.494 e. The minimum Gasteiger partial charge on any atom is -0.494 e. The SMILES string of the molecule is Nc1cc(N)cc(C(=O)OCCCCOC(=O)/C=C/c2ccc(OC(=O)c3ccc(OCCCCCC(F)(F)F)cc3)cc2)c1. The molecule has 0 heterocycles. The summed E-state index contributed by atoms with van der Waals surface area (Å²) in [5, 5.41) is 0. The summed E-state index contributed by atoms with van der Waals surface area (Å²) in [5.41, 5.74) is 13.3. The van der Waals surface area contributed by atoms with Crippen LogP contribution in [0.2, 0.25) is 0 Å². The van der Waals surface area contributed by atoms with E-state index in [9.17, 15) is 27.6 Å². The lowest BCUT2D eigenvalue weighted by Gasteiger charge is -2.08. The molecule has 0 atom stereocenters. The van der Waals surface area contributed by atoms with Gasteiger partial charge in [-0.3, -0.25) is 0 Å². The number of halogens is 3. The van der Waals surface area contributed by atoms with E-state index in [4.69, 9.17) is 30.4 Å². The van der Waals surface area contributed by atoms with Crippen molar-refractivity contribution in [3.05, 3.63) is 89.5 Å². The highest BCUT2D eigenvalue weighted by Crippen LogP contribution is 2.23. The van der Waals surface area contributed by atoms with Gasteiger partial charge in [0, 0.05) is 23.9 Å². The zero-order valence-electron chi connectivity index (χ0n) is 24.5. The van der Waals surface area contributed by atoms with Gasteiger partial charge in [-0.2, -0.15) is 13.2 Å². The number of nitrogen functional groups attached to an aromatic ring is 2. The molecule has 0 aliphatic carbocycles. The summed E-state index contributed by atoms with van der Waals surface area (Å²) in [7, 11) is 0. The van der Waals surface area contributed by atoms with Crippen molar-refractivity contribution < 1.29 is 46.5 Å². The second-order valence-corrected chi connectivity index (χ2v) is 9.99. The Balaban J connectivity index is 1.30. The summed E-state index contributed by atoms with van der Waals surface area (Å²) in [6.45, 7) is 0.582. The van der Waals surface area contributed by atoms with Crippen LogP contribution in [0.5, 0.6) is 11.5 Å². The molecule has 0 aromatic heterocycles. The highest BCUT2D eigenvalue weighted by atomic mass is 19.4. The molecule has 0 amide bonds. The number of rotatable bonds is 16. The predicted molar refractivity (Wildman–Crippen MR) is 163 cm³/mol. The Kier molecular flexibility index (Phi) is 13.3. The number of ether oxygens (including phenoxy) is 4. The average Bonchev–Trinajstić information content (AvgIpc) is 2.99. The van der Waals surface area contributed by atoms with E-state index in [1.165, 1.54) is 36.4 Å². The molecule has 0 saturated heterocycles. The molecule has 0 aliphatic rings. The Morgan fingerprint density at radius 2 is 1.27 bits per heavy atom. The van der Waals surface area contributed by atoms with E-state index in [0.29, 0.717) is 59.7 Å². The fourth-order valence-electron chi connectivity index (χ4n) is 3.93. The monoisotopic (exact) mass is 628 g/mol. The molecule has 3 aromatic carbocycles. The first kappa shape index (κ1) is 34.5. The van der Waals surface area contributed by atoms with Crippen LogP contribution >= 0.6 is 0 Å². The highest BCUT2D eigenvalue weighted by Gasteiger charge is 2.25. The Hall–Kier alpha value is -5.00. The van der Waals surface area contributed by atoms with Crippen molar-refractivity contribution in [2.45, 2.75) is 44.7 Å². The molecule has 3 aromatic rings. The summed E-state index contributed by atoms with van der Waals surface area (Å²) >= 11 is 0. The number of benzene rings is 3. The zero-order valence-corrected chi connectivity index (χ0v) is 24.5. The summed E-state index contributed by atoms with van der Waals surface area (Å²) < 4.78 is 57.7. The number of unbranched alkanes of at least 4 members (excludes halogenated alkanes) is 3. The minimum absolute atomic E-state index is 0.0643. The van der Waals surface area contributed by atoms with E-state index in [1.807, 2.05) is 0 Å². The van der Waals surface area contributed by atoms with E-state index >= 15 is 0 Å². The van der Waals surface area contributed by atoms with Crippen LogP contribution in [0.15, 0.2) is 72.8 Å². The molecular weight excluding hydrogens is 593 g/mol. The van der Waals surface area contributed by atoms with Crippen molar-refractivity contribution >= 4 is 35.4 Å². The van der Waals surface area contributed by atoms with Gasteiger partial charge in [-0.05, 0) is 98.3 Å². The Bertz CT molecular complexity index is 1420. The lowest BCUT2D eigenvalue weighted by atomic mass is 10.2. The first-order chi connectivity index (χ1) is 21.5. The second-order valence-electron chi connectivity index (χ2n) is 9.99. The number of anilines is 2. The average molecular weight is 629 g/mol. The van der Waals surface area contributed by atoms with Crippen LogP contribution in [0.25, 0.3) is 6.08 Å². The molecule has 240 valence electrons. The first-order valence-electron chi connectivity index (χ1n) is 14.3. The van der Waals surface area contributed by atoms with Crippen LogP contribution in [0.3, 0.4) is 0 Å². The smallest absolute Gasteiger partial charge is 0.389 e. The molecule has 4 N–H and O–H groups in total. The fourth-order valence-corrected chi connectivity index (χ4v) is 3.93. The summed E-state index contributed by atoms with van der Waals surface area (Å²) in [6, 6.07) is 17.3. The lowest BCUT2D eigenvalue weighted by Crippen LogP contribution is -2.09. The summed E-state index contributed by atoms with van der Waals surface area (Å²) in [5.74, 6) is -0.846. The highest BCUT2D eigenvalue weighted by molar-refractivity contribution is 5.92. The molecular formula is C33H35F3N2O7. The van der Waals surface area contributed by atoms with Crippen molar-refractivity contribution in [3.63, 3.8) is 0 Å². The van der Waals surface area contributed by atoms with Gasteiger partial charge in [-0.1, -0.05) is 12.1 Å². The van der Waals surface area contributed by atoms with Gasteiger partial charge in [0.1, 0.15) is 11.5 Å². The van der Waals surface area contributed by atoms with Gasteiger partial charge >= 0.3 is 24.1 Å². The van der Waals surface area contributed by atoms with E-state index in [-0.39, 0.29) is 31.8 Å². The number of hydrogen-bond acceptors (Lipinski definition) is 9. The number of esters is 3. The van der Waals surface area contributed by atoms with Gasteiger partial charge in [0.2, 0.25) is 0 Å². The minimum atomic E-state index is -4.14. The van der Waals surface area contributed by atoms with Gasteiger partial charge < -0.3 is 30.4 Å². The van der Waals surface area contributed by atoms with Gasteiger partial charge in [0.25, 0.3) is 0 Å². The van der Waals surface area contributed by atoms with Crippen LogP contribution in [0.4, 0.5) is 24.5 Å². The number of carbonyl (C=O) groups excluding carboxylic acids is 3. The standard InChI is InChI=1S/C33H35F3N2O7/c34-33(35,36)16-2-1-3-17-42-28-13-9-24(10-14-28)32(41)45-29-11-6-23(7-12-29)8-15-30(39)43-18-4-5-19-44-31(40)25-20-26(37)22-27(38)21-25/h6-15,20-22H,1-5,16-19,37-38H2/b15-8+. The third-order valence-corrected chi connectivity index (χ3v) is 6.20. The maximum atomic E-state index is 12.5. The van der Waals surface area contributed by atoms with E-state index < -0.39 is 30.5 Å². The second kappa shape index (κ2) is 17.3. The Morgan fingerprint density at radius 3 is 1.91 bits per heavy atom. The van der Waals surface area contributed by atoms with Gasteiger partial charge in [0.05, 0.1) is 30.9 Å². The number of nitrogens with two attached hydrogens (primary N) is 2. The topological polar surface area (TPSA) is 140 Å². The van der Waals surface area contributed by atoms with Crippen LogP contribution < -0.4 is 20.9 Å². The maximum absolute atomic E-state index is 12.5. The zero-order chi connectivity index (χ0) is 32.7. The summed E-state index contributed by atoms with van der Waals surface area (Å²) in [4.78, 5) is 36.5. The first-order valence-corrected chi connectivity index (χ1v) is 14.3. The van der Waals surface area contributed by atoms with Crippen molar-refractivity contribution in [2.24, 2.45) is 0 Å². The third-order valence-electron chi connectivity index (χ3n) is 6.20.